The number of hydrogen-bond acceptors (Lipinski definition) is 4. The second-order valence-electron chi connectivity index (χ2n) is 5.62. The highest BCUT2D eigenvalue weighted by Crippen LogP contribution is 2.19. The van der Waals surface area contributed by atoms with Crippen molar-refractivity contribution in [2.24, 2.45) is 0 Å². The molecule has 1 amide bonds. The average Bonchev–Trinajstić information content (AvgIpc) is 3.14. The molecule has 1 aliphatic rings. The quantitative estimate of drug-likeness (QED) is 0.832. The Morgan fingerprint density at radius 3 is 2.61 bits per heavy atom. The van der Waals surface area contributed by atoms with E-state index in [9.17, 15) is 4.79 Å². The van der Waals surface area contributed by atoms with Crippen molar-refractivity contribution in [2.45, 2.75) is 6.42 Å². The highest BCUT2D eigenvalue weighted by Gasteiger charge is 2.10. The summed E-state index contributed by atoms with van der Waals surface area (Å²) in [5.41, 5.74) is 1.64. The first-order valence-corrected chi connectivity index (χ1v) is 8.05. The molecule has 1 fully saturated rings. The number of furan rings is 1. The largest absolute Gasteiger partial charge is 0.464 e. The molecule has 2 heterocycles. The summed E-state index contributed by atoms with van der Waals surface area (Å²) in [5.74, 6) is 0.778. The lowest BCUT2D eigenvalue weighted by Crippen LogP contribution is -2.38. The van der Waals surface area contributed by atoms with E-state index in [-0.39, 0.29) is 5.91 Å². The zero-order valence-electron chi connectivity index (χ0n) is 13.2. The molecule has 1 aromatic carbocycles. The molecule has 5 heteroatoms. The smallest absolute Gasteiger partial charge is 0.251 e. The van der Waals surface area contributed by atoms with E-state index >= 15 is 0 Å². The predicted molar refractivity (Wildman–Crippen MR) is 88.4 cm³/mol. The number of morpholine rings is 1. The first-order chi connectivity index (χ1) is 11.3. The van der Waals surface area contributed by atoms with Crippen LogP contribution in [0.15, 0.2) is 47.1 Å². The maximum Gasteiger partial charge on any atom is 0.251 e. The molecule has 0 aliphatic carbocycles. The Bertz CT molecular complexity index is 602. The highest BCUT2D eigenvalue weighted by molar-refractivity contribution is 5.94. The van der Waals surface area contributed by atoms with Crippen LogP contribution in [0.5, 0.6) is 0 Å². The number of amides is 1. The van der Waals surface area contributed by atoms with Gasteiger partial charge in [-0.05, 0) is 37.2 Å². The van der Waals surface area contributed by atoms with Crippen molar-refractivity contribution in [1.82, 2.24) is 10.2 Å². The molecule has 0 bridgehead atoms. The summed E-state index contributed by atoms with van der Waals surface area (Å²) in [6, 6.07) is 11.2. The number of benzene rings is 1. The van der Waals surface area contributed by atoms with Gasteiger partial charge in [0.1, 0.15) is 5.76 Å². The molecule has 0 saturated carbocycles. The Morgan fingerprint density at radius 1 is 1.13 bits per heavy atom. The fraction of sp³-hybridized carbons (Fsp3) is 0.389. The highest BCUT2D eigenvalue weighted by atomic mass is 16.5. The van der Waals surface area contributed by atoms with Crippen LogP contribution in [0, 0.1) is 0 Å². The van der Waals surface area contributed by atoms with Crippen LogP contribution in [0.4, 0.5) is 0 Å². The first kappa shape index (κ1) is 15.8. The first-order valence-electron chi connectivity index (χ1n) is 8.05. The fourth-order valence-electron chi connectivity index (χ4n) is 2.66. The molecule has 23 heavy (non-hydrogen) atoms. The van der Waals surface area contributed by atoms with Gasteiger partial charge in [-0.3, -0.25) is 9.69 Å². The van der Waals surface area contributed by atoms with Gasteiger partial charge < -0.3 is 14.5 Å². The van der Waals surface area contributed by atoms with Crippen molar-refractivity contribution in [3.05, 3.63) is 48.2 Å². The van der Waals surface area contributed by atoms with Crippen LogP contribution < -0.4 is 5.32 Å². The third-order valence-electron chi connectivity index (χ3n) is 3.99. The van der Waals surface area contributed by atoms with Gasteiger partial charge in [0.25, 0.3) is 5.91 Å². The summed E-state index contributed by atoms with van der Waals surface area (Å²) >= 11 is 0. The van der Waals surface area contributed by atoms with E-state index in [4.69, 9.17) is 9.15 Å². The van der Waals surface area contributed by atoms with Gasteiger partial charge >= 0.3 is 0 Å². The van der Waals surface area contributed by atoms with Crippen LogP contribution in [0.25, 0.3) is 11.3 Å². The molecular weight excluding hydrogens is 292 g/mol. The molecule has 1 N–H and O–H groups in total. The molecule has 122 valence electrons. The van der Waals surface area contributed by atoms with E-state index in [1.54, 1.807) is 6.26 Å². The van der Waals surface area contributed by atoms with Gasteiger partial charge in [-0.2, -0.15) is 0 Å². The minimum atomic E-state index is -0.0297. The predicted octanol–water partition coefficient (Wildman–Crippen LogP) is 2.40. The second-order valence-corrected chi connectivity index (χ2v) is 5.62. The zero-order valence-corrected chi connectivity index (χ0v) is 13.2. The van der Waals surface area contributed by atoms with E-state index in [0.29, 0.717) is 12.1 Å². The van der Waals surface area contributed by atoms with E-state index in [2.05, 4.69) is 10.2 Å². The van der Waals surface area contributed by atoms with Gasteiger partial charge in [-0.15, -0.1) is 0 Å². The SMILES string of the molecule is O=C(NCCCN1CCOCC1)c1ccc(-c2ccco2)cc1. The van der Waals surface area contributed by atoms with Crippen molar-refractivity contribution in [3.63, 3.8) is 0 Å². The molecule has 0 radical (unpaired) electrons. The normalized spacial score (nSPS) is 15.5. The summed E-state index contributed by atoms with van der Waals surface area (Å²) in [6.07, 6.45) is 2.60. The van der Waals surface area contributed by atoms with Crippen molar-refractivity contribution in [1.29, 1.82) is 0 Å². The number of hydrogen-bond donors (Lipinski definition) is 1. The Labute approximate surface area is 136 Å². The van der Waals surface area contributed by atoms with Gasteiger partial charge in [0.2, 0.25) is 0 Å². The van der Waals surface area contributed by atoms with E-state index < -0.39 is 0 Å². The Hall–Kier alpha value is -2.11. The number of carbonyl (C=O) groups excluding carboxylic acids is 1. The van der Waals surface area contributed by atoms with Crippen LogP contribution in [-0.2, 0) is 4.74 Å². The molecule has 0 unspecified atom stereocenters. The Kier molecular flexibility index (Phi) is 5.45. The lowest BCUT2D eigenvalue weighted by atomic mass is 10.1. The van der Waals surface area contributed by atoms with Gasteiger partial charge in [0, 0.05) is 30.8 Å². The monoisotopic (exact) mass is 314 g/mol. The molecule has 0 spiro atoms. The molecule has 3 rings (SSSR count). The van der Waals surface area contributed by atoms with Gasteiger partial charge in [0.05, 0.1) is 19.5 Å². The summed E-state index contributed by atoms with van der Waals surface area (Å²) in [6.45, 7) is 5.30. The standard InChI is InChI=1S/C18H22N2O3/c21-18(19-8-2-9-20-10-13-22-14-11-20)16-6-4-15(5-7-16)17-3-1-12-23-17/h1,3-7,12H,2,8-11,13-14H2,(H,19,21). The molecule has 2 aromatic rings. The summed E-state index contributed by atoms with van der Waals surface area (Å²) in [5, 5.41) is 2.97. The number of ether oxygens (including phenoxy) is 1. The average molecular weight is 314 g/mol. The number of carbonyl (C=O) groups is 1. The van der Waals surface area contributed by atoms with Crippen molar-refractivity contribution >= 4 is 5.91 Å². The molecule has 5 nitrogen and oxygen atoms in total. The summed E-state index contributed by atoms with van der Waals surface area (Å²) in [4.78, 5) is 14.5. The zero-order chi connectivity index (χ0) is 15.9. The summed E-state index contributed by atoms with van der Waals surface area (Å²) in [7, 11) is 0. The second kappa shape index (κ2) is 7.94. The third-order valence-corrected chi connectivity index (χ3v) is 3.99. The maximum absolute atomic E-state index is 12.1. The lowest BCUT2D eigenvalue weighted by Gasteiger charge is -2.26. The van der Waals surface area contributed by atoms with Crippen LogP contribution in [-0.4, -0.2) is 50.2 Å². The molecule has 1 aliphatic heterocycles. The van der Waals surface area contributed by atoms with Crippen LogP contribution >= 0.6 is 0 Å². The topological polar surface area (TPSA) is 54.7 Å². The number of rotatable bonds is 6. The van der Waals surface area contributed by atoms with Crippen molar-refractivity contribution in [2.75, 3.05) is 39.4 Å². The number of nitrogens with one attached hydrogen (secondary N) is 1. The van der Waals surface area contributed by atoms with Crippen LogP contribution in [0.2, 0.25) is 0 Å². The lowest BCUT2D eigenvalue weighted by molar-refractivity contribution is 0.0374. The molecule has 0 atom stereocenters. The van der Waals surface area contributed by atoms with E-state index in [1.807, 2.05) is 36.4 Å². The van der Waals surface area contributed by atoms with Gasteiger partial charge in [0.15, 0.2) is 0 Å². The van der Waals surface area contributed by atoms with E-state index in [1.165, 1.54) is 0 Å². The minimum Gasteiger partial charge on any atom is -0.464 e. The number of nitrogens with zero attached hydrogens (tertiary/aromatic N) is 1. The summed E-state index contributed by atoms with van der Waals surface area (Å²) < 4.78 is 10.7. The van der Waals surface area contributed by atoms with Crippen molar-refractivity contribution < 1.29 is 13.9 Å². The maximum atomic E-state index is 12.1. The van der Waals surface area contributed by atoms with E-state index in [0.717, 1.165) is 50.6 Å². The van der Waals surface area contributed by atoms with Crippen LogP contribution in [0.1, 0.15) is 16.8 Å². The molecular formula is C18H22N2O3. The van der Waals surface area contributed by atoms with Crippen LogP contribution in [0.3, 0.4) is 0 Å². The molecule has 1 saturated heterocycles. The minimum absolute atomic E-state index is 0.0297. The molecule has 1 aromatic heterocycles. The Morgan fingerprint density at radius 2 is 1.91 bits per heavy atom. The Balaban J connectivity index is 1.43. The van der Waals surface area contributed by atoms with Gasteiger partial charge in [-0.1, -0.05) is 12.1 Å². The fourth-order valence-corrected chi connectivity index (χ4v) is 2.66. The van der Waals surface area contributed by atoms with Gasteiger partial charge in [-0.25, -0.2) is 0 Å². The van der Waals surface area contributed by atoms with Crippen molar-refractivity contribution in [3.8, 4) is 11.3 Å². The third kappa shape index (κ3) is 4.43.